The van der Waals surface area contributed by atoms with Crippen LogP contribution in [0, 0.1) is 0 Å². The molecule has 1 heterocycles. The van der Waals surface area contributed by atoms with Crippen molar-refractivity contribution in [1.82, 2.24) is 4.57 Å². The second-order valence-corrected chi connectivity index (χ2v) is 5.26. The van der Waals surface area contributed by atoms with Crippen LogP contribution >= 0.6 is 0 Å². The number of ether oxygens (including phenoxy) is 2. The number of carbonyl (C=O) groups is 1. The smallest absolute Gasteiger partial charge is 0.354 e. The summed E-state index contributed by atoms with van der Waals surface area (Å²) in [6, 6.07) is 17.7. The molecule has 118 valence electrons. The molecule has 0 bridgehead atoms. The Labute approximate surface area is 135 Å². The van der Waals surface area contributed by atoms with Gasteiger partial charge in [-0.15, -0.1) is 0 Å². The lowest BCUT2D eigenvalue weighted by Crippen LogP contribution is -2.09. The van der Waals surface area contributed by atoms with E-state index in [1.54, 1.807) is 0 Å². The number of hydrogen-bond acceptors (Lipinski definition) is 3. The number of esters is 1. The summed E-state index contributed by atoms with van der Waals surface area (Å²) in [6.45, 7) is 3.21. The van der Waals surface area contributed by atoms with Crippen LogP contribution in [0.15, 0.2) is 54.6 Å². The lowest BCUT2D eigenvalue weighted by molar-refractivity contribution is 0.0589. The average molecular weight is 309 g/mol. The first-order chi connectivity index (χ1) is 11.2. The molecule has 4 nitrogen and oxygen atoms in total. The molecule has 0 unspecified atom stereocenters. The molecule has 2 aromatic carbocycles. The van der Waals surface area contributed by atoms with Gasteiger partial charge < -0.3 is 14.0 Å². The fourth-order valence-corrected chi connectivity index (χ4v) is 2.68. The molecular weight excluding hydrogens is 290 g/mol. The lowest BCUT2D eigenvalue weighted by Gasteiger charge is -2.09. The summed E-state index contributed by atoms with van der Waals surface area (Å²) in [7, 11) is 1.40. The van der Waals surface area contributed by atoms with E-state index in [1.807, 2.05) is 66.1 Å². The molecule has 0 saturated carbocycles. The van der Waals surface area contributed by atoms with Crippen molar-refractivity contribution in [1.29, 1.82) is 0 Å². The third kappa shape index (κ3) is 3.06. The molecule has 0 radical (unpaired) electrons. The van der Waals surface area contributed by atoms with Gasteiger partial charge in [-0.2, -0.15) is 0 Å². The summed E-state index contributed by atoms with van der Waals surface area (Å²) in [4.78, 5) is 11.9. The van der Waals surface area contributed by atoms with E-state index in [0.717, 1.165) is 22.2 Å². The fourth-order valence-electron chi connectivity index (χ4n) is 2.68. The predicted octanol–water partition coefficient (Wildman–Crippen LogP) is 4.03. The van der Waals surface area contributed by atoms with Gasteiger partial charge in [-0.25, -0.2) is 4.79 Å². The quantitative estimate of drug-likeness (QED) is 0.668. The van der Waals surface area contributed by atoms with Crippen LogP contribution in [0.4, 0.5) is 0 Å². The van der Waals surface area contributed by atoms with Crippen molar-refractivity contribution in [2.45, 2.75) is 20.1 Å². The van der Waals surface area contributed by atoms with E-state index >= 15 is 0 Å². The van der Waals surface area contributed by atoms with Crippen molar-refractivity contribution in [3.63, 3.8) is 0 Å². The van der Waals surface area contributed by atoms with Gasteiger partial charge in [-0.1, -0.05) is 30.3 Å². The number of aromatic nitrogens is 1. The average Bonchev–Trinajstić information content (AvgIpc) is 2.98. The zero-order valence-electron chi connectivity index (χ0n) is 13.3. The molecule has 0 spiro atoms. The summed E-state index contributed by atoms with van der Waals surface area (Å²) in [6.07, 6.45) is 0. The maximum Gasteiger partial charge on any atom is 0.354 e. The van der Waals surface area contributed by atoms with Gasteiger partial charge in [0, 0.05) is 18.0 Å². The van der Waals surface area contributed by atoms with Gasteiger partial charge >= 0.3 is 5.97 Å². The number of aryl methyl sites for hydroxylation is 1. The van der Waals surface area contributed by atoms with Gasteiger partial charge in [-0.05, 0) is 30.7 Å². The largest absolute Gasteiger partial charge is 0.489 e. The van der Waals surface area contributed by atoms with Crippen molar-refractivity contribution in [2.24, 2.45) is 0 Å². The molecule has 0 amide bonds. The van der Waals surface area contributed by atoms with Crippen LogP contribution in [0.25, 0.3) is 10.9 Å². The molecular formula is C19H19NO3. The maximum atomic E-state index is 11.9. The third-order valence-electron chi connectivity index (χ3n) is 3.83. The molecule has 0 aliphatic carbocycles. The standard InChI is InChI=1S/C19H19NO3/c1-3-20-17-12-16(23-13-14-7-5-4-6-8-14)10-9-15(17)11-18(20)19(21)22-2/h4-12H,3,13H2,1-2H3. The zero-order chi connectivity index (χ0) is 16.2. The van der Waals surface area contributed by atoms with Gasteiger partial charge in [-0.3, -0.25) is 0 Å². The number of hydrogen-bond donors (Lipinski definition) is 0. The lowest BCUT2D eigenvalue weighted by atomic mass is 10.2. The summed E-state index contributed by atoms with van der Waals surface area (Å²) >= 11 is 0. The Bertz CT molecular complexity index is 821. The van der Waals surface area contributed by atoms with Crippen molar-refractivity contribution in [2.75, 3.05) is 7.11 Å². The Kier molecular flexibility index (Phi) is 4.33. The number of benzene rings is 2. The Balaban J connectivity index is 1.90. The Morgan fingerprint density at radius 3 is 2.57 bits per heavy atom. The number of fused-ring (bicyclic) bond motifs is 1. The minimum Gasteiger partial charge on any atom is -0.489 e. The fraction of sp³-hybridized carbons (Fsp3) is 0.211. The topological polar surface area (TPSA) is 40.5 Å². The van der Waals surface area contributed by atoms with Crippen LogP contribution < -0.4 is 4.74 Å². The Morgan fingerprint density at radius 2 is 1.87 bits per heavy atom. The Morgan fingerprint density at radius 1 is 1.09 bits per heavy atom. The van der Waals surface area contributed by atoms with Crippen molar-refractivity contribution < 1.29 is 14.3 Å². The second kappa shape index (κ2) is 6.57. The first-order valence-corrected chi connectivity index (χ1v) is 7.61. The van der Waals surface area contributed by atoms with Crippen LogP contribution in [-0.2, 0) is 17.9 Å². The number of nitrogens with zero attached hydrogens (tertiary/aromatic N) is 1. The molecule has 3 rings (SSSR count). The van der Waals surface area contributed by atoms with E-state index in [1.165, 1.54) is 7.11 Å². The van der Waals surface area contributed by atoms with E-state index in [2.05, 4.69) is 0 Å². The van der Waals surface area contributed by atoms with Gasteiger partial charge in [0.2, 0.25) is 0 Å². The van der Waals surface area contributed by atoms with Gasteiger partial charge in [0.15, 0.2) is 0 Å². The van der Waals surface area contributed by atoms with Crippen molar-refractivity contribution in [3.8, 4) is 5.75 Å². The normalized spacial score (nSPS) is 10.7. The highest BCUT2D eigenvalue weighted by molar-refractivity contribution is 5.96. The van der Waals surface area contributed by atoms with E-state index < -0.39 is 0 Å². The zero-order valence-corrected chi connectivity index (χ0v) is 13.3. The minimum absolute atomic E-state index is 0.324. The van der Waals surface area contributed by atoms with E-state index in [4.69, 9.17) is 9.47 Å². The van der Waals surface area contributed by atoms with Gasteiger partial charge in [0.05, 0.1) is 12.6 Å². The Hall–Kier alpha value is -2.75. The SMILES string of the molecule is CCn1c(C(=O)OC)cc2ccc(OCc3ccccc3)cc21. The van der Waals surface area contributed by atoms with Crippen LogP contribution in [-0.4, -0.2) is 17.6 Å². The minimum atomic E-state index is -0.324. The van der Waals surface area contributed by atoms with Gasteiger partial charge in [0.25, 0.3) is 0 Å². The third-order valence-corrected chi connectivity index (χ3v) is 3.83. The van der Waals surface area contributed by atoms with Crippen LogP contribution in [0.1, 0.15) is 23.0 Å². The summed E-state index contributed by atoms with van der Waals surface area (Å²) < 4.78 is 12.7. The van der Waals surface area contributed by atoms with E-state index in [9.17, 15) is 4.79 Å². The molecule has 0 fully saturated rings. The predicted molar refractivity (Wildman–Crippen MR) is 89.7 cm³/mol. The van der Waals surface area contributed by atoms with Crippen LogP contribution in [0.2, 0.25) is 0 Å². The molecule has 0 aliphatic heterocycles. The first-order valence-electron chi connectivity index (χ1n) is 7.61. The number of rotatable bonds is 5. The summed E-state index contributed by atoms with van der Waals surface area (Å²) in [5.74, 6) is 0.459. The van der Waals surface area contributed by atoms with E-state index in [0.29, 0.717) is 18.8 Å². The molecule has 23 heavy (non-hydrogen) atoms. The first kappa shape index (κ1) is 15.2. The van der Waals surface area contributed by atoms with Crippen LogP contribution in [0.3, 0.4) is 0 Å². The number of methoxy groups -OCH3 is 1. The molecule has 0 N–H and O–H groups in total. The molecule has 3 aromatic rings. The van der Waals surface area contributed by atoms with E-state index in [-0.39, 0.29) is 5.97 Å². The molecule has 0 atom stereocenters. The van der Waals surface area contributed by atoms with Crippen LogP contribution in [0.5, 0.6) is 5.75 Å². The molecule has 1 aromatic heterocycles. The summed E-state index contributed by atoms with van der Waals surface area (Å²) in [5, 5.41) is 0.999. The van der Waals surface area contributed by atoms with Crippen molar-refractivity contribution in [3.05, 3.63) is 65.9 Å². The highest BCUT2D eigenvalue weighted by atomic mass is 16.5. The van der Waals surface area contributed by atoms with Crippen molar-refractivity contribution >= 4 is 16.9 Å². The second-order valence-electron chi connectivity index (χ2n) is 5.26. The maximum absolute atomic E-state index is 11.9. The molecule has 4 heteroatoms. The summed E-state index contributed by atoms with van der Waals surface area (Å²) in [5.41, 5.74) is 2.65. The number of carbonyl (C=O) groups excluding carboxylic acids is 1. The highest BCUT2D eigenvalue weighted by Crippen LogP contribution is 2.25. The molecule has 0 saturated heterocycles. The van der Waals surface area contributed by atoms with Gasteiger partial charge in [0.1, 0.15) is 18.1 Å². The molecule has 0 aliphatic rings. The monoisotopic (exact) mass is 309 g/mol. The highest BCUT2D eigenvalue weighted by Gasteiger charge is 2.15.